The average Bonchev–Trinajstić information content (AvgIpc) is 3.11. The highest BCUT2D eigenvalue weighted by Crippen LogP contribution is 2.15. The summed E-state index contributed by atoms with van der Waals surface area (Å²) >= 11 is 0. The number of aromatic nitrogens is 2. The van der Waals surface area contributed by atoms with Gasteiger partial charge in [0.1, 0.15) is 5.82 Å². The molecule has 0 aliphatic rings. The van der Waals surface area contributed by atoms with Gasteiger partial charge in [0.2, 0.25) is 11.8 Å². The van der Waals surface area contributed by atoms with E-state index in [1.807, 2.05) is 63.8 Å². The number of hydrogen-bond donors (Lipinski definition) is 2. The molecule has 0 spiro atoms. The third-order valence-electron chi connectivity index (χ3n) is 4.61. The first kappa shape index (κ1) is 21.6. The molecule has 1 unspecified atom stereocenters. The number of nitrogens with zero attached hydrogens (tertiary/aromatic N) is 3. The first-order chi connectivity index (χ1) is 13.3. The van der Waals surface area contributed by atoms with Gasteiger partial charge in [-0.05, 0) is 52.3 Å². The largest absolute Gasteiger partial charge is 0.325 e. The number of rotatable bonds is 9. The Morgan fingerprint density at radius 1 is 1.14 bits per heavy atom. The van der Waals surface area contributed by atoms with Crippen molar-refractivity contribution in [1.29, 1.82) is 0 Å². The number of benzene rings is 1. The molecule has 7 nitrogen and oxygen atoms in total. The van der Waals surface area contributed by atoms with Gasteiger partial charge in [-0.1, -0.05) is 25.1 Å². The molecule has 2 N–H and O–H groups in total. The summed E-state index contributed by atoms with van der Waals surface area (Å²) < 4.78 is 1.76. The van der Waals surface area contributed by atoms with E-state index in [1.165, 1.54) is 0 Å². The number of hydrogen-bond acceptors (Lipinski definition) is 4. The van der Waals surface area contributed by atoms with Crippen LogP contribution >= 0.6 is 0 Å². The average molecular weight is 386 g/mol. The summed E-state index contributed by atoms with van der Waals surface area (Å²) in [7, 11) is 0. The van der Waals surface area contributed by atoms with E-state index in [4.69, 9.17) is 0 Å². The molecule has 0 saturated heterocycles. The lowest BCUT2D eigenvalue weighted by molar-refractivity contribution is -0.123. The Labute approximate surface area is 167 Å². The highest BCUT2D eigenvalue weighted by Gasteiger charge is 2.24. The van der Waals surface area contributed by atoms with E-state index in [1.54, 1.807) is 16.9 Å². The van der Waals surface area contributed by atoms with Crippen LogP contribution in [-0.4, -0.2) is 45.6 Å². The standard InChI is InChI=1S/C21H31N5O2/c1-6-13-25(14-20(27)23-18-10-8-7-9-16(18)4)17(5)21(28)24-19-11-12-22-26(19)15(2)3/h7-12,15,17H,6,13-14H2,1-5H3,(H,23,27)(H,24,28). The molecule has 1 heterocycles. The van der Waals surface area contributed by atoms with E-state index >= 15 is 0 Å². The molecular weight excluding hydrogens is 354 g/mol. The Balaban J connectivity index is 2.03. The molecule has 0 aliphatic carbocycles. The quantitative estimate of drug-likeness (QED) is 0.693. The fourth-order valence-electron chi connectivity index (χ4n) is 3.01. The van der Waals surface area contributed by atoms with Gasteiger partial charge in [0, 0.05) is 17.8 Å². The Bertz CT molecular complexity index is 800. The zero-order valence-corrected chi connectivity index (χ0v) is 17.4. The van der Waals surface area contributed by atoms with Gasteiger partial charge < -0.3 is 10.6 Å². The molecule has 152 valence electrons. The van der Waals surface area contributed by atoms with Crippen LogP contribution in [0.5, 0.6) is 0 Å². The molecule has 1 aromatic heterocycles. The summed E-state index contributed by atoms with van der Waals surface area (Å²) in [5.74, 6) is 0.377. The normalized spacial score (nSPS) is 12.2. The Kier molecular flexibility index (Phi) is 7.75. The predicted octanol–water partition coefficient (Wildman–Crippen LogP) is 3.45. The SMILES string of the molecule is CCCN(CC(=O)Nc1ccccc1C)C(C)C(=O)Nc1ccnn1C(C)C. The van der Waals surface area contributed by atoms with Crippen molar-refractivity contribution in [3.05, 3.63) is 42.1 Å². The topological polar surface area (TPSA) is 79.3 Å². The molecule has 0 radical (unpaired) electrons. The molecular formula is C21H31N5O2. The second-order valence-electron chi connectivity index (χ2n) is 7.25. The van der Waals surface area contributed by atoms with Gasteiger partial charge in [0.15, 0.2) is 0 Å². The van der Waals surface area contributed by atoms with Gasteiger partial charge in [-0.15, -0.1) is 0 Å². The van der Waals surface area contributed by atoms with Gasteiger partial charge in [0.05, 0.1) is 18.8 Å². The third kappa shape index (κ3) is 5.66. The first-order valence-corrected chi connectivity index (χ1v) is 9.77. The molecule has 0 saturated carbocycles. The summed E-state index contributed by atoms with van der Waals surface area (Å²) in [4.78, 5) is 27.2. The van der Waals surface area contributed by atoms with Crippen molar-refractivity contribution in [3.8, 4) is 0 Å². The molecule has 28 heavy (non-hydrogen) atoms. The van der Waals surface area contributed by atoms with Crippen molar-refractivity contribution in [3.63, 3.8) is 0 Å². The van der Waals surface area contributed by atoms with E-state index in [9.17, 15) is 9.59 Å². The highest BCUT2D eigenvalue weighted by molar-refractivity contribution is 5.96. The van der Waals surface area contributed by atoms with E-state index in [0.29, 0.717) is 12.4 Å². The lowest BCUT2D eigenvalue weighted by atomic mass is 10.2. The monoisotopic (exact) mass is 385 g/mol. The smallest absolute Gasteiger partial charge is 0.242 e. The lowest BCUT2D eigenvalue weighted by Gasteiger charge is -2.27. The molecule has 0 fully saturated rings. The zero-order valence-electron chi connectivity index (χ0n) is 17.4. The Hall–Kier alpha value is -2.67. The van der Waals surface area contributed by atoms with Crippen LogP contribution in [0.2, 0.25) is 0 Å². The maximum Gasteiger partial charge on any atom is 0.242 e. The maximum absolute atomic E-state index is 12.8. The minimum atomic E-state index is -0.446. The number of anilines is 2. The van der Waals surface area contributed by atoms with E-state index in [-0.39, 0.29) is 24.4 Å². The number of nitrogens with one attached hydrogen (secondary N) is 2. The van der Waals surface area contributed by atoms with Crippen LogP contribution in [0.3, 0.4) is 0 Å². The molecule has 2 rings (SSSR count). The van der Waals surface area contributed by atoms with Crippen LogP contribution in [0.25, 0.3) is 0 Å². The van der Waals surface area contributed by atoms with E-state index in [2.05, 4.69) is 15.7 Å². The Morgan fingerprint density at radius 3 is 2.50 bits per heavy atom. The molecule has 0 aliphatic heterocycles. The van der Waals surface area contributed by atoms with Crippen molar-refractivity contribution in [1.82, 2.24) is 14.7 Å². The molecule has 2 amide bonds. The summed E-state index contributed by atoms with van der Waals surface area (Å²) in [5, 5.41) is 10.1. The maximum atomic E-state index is 12.8. The van der Waals surface area contributed by atoms with Crippen LogP contribution in [0.4, 0.5) is 11.5 Å². The number of para-hydroxylation sites is 1. The molecule has 2 aromatic rings. The van der Waals surface area contributed by atoms with E-state index in [0.717, 1.165) is 17.7 Å². The van der Waals surface area contributed by atoms with Crippen LogP contribution < -0.4 is 10.6 Å². The van der Waals surface area contributed by atoms with Gasteiger partial charge in [-0.3, -0.25) is 14.5 Å². The van der Waals surface area contributed by atoms with Gasteiger partial charge in [0.25, 0.3) is 0 Å². The zero-order chi connectivity index (χ0) is 20.7. The van der Waals surface area contributed by atoms with Crippen molar-refractivity contribution in [2.24, 2.45) is 0 Å². The van der Waals surface area contributed by atoms with Crippen molar-refractivity contribution >= 4 is 23.3 Å². The summed E-state index contributed by atoms with van der Waals surface area (Å²) in [5.41, 5.74) is 1.80. The third-order valence-corrected chi connectivity index (χ3v) is 4.61. The van der Waals surface area contributed by atoms with Crippen molar-refractivity contribution < 1.29 is 9.59 Å². The number of amides is 2. The van der Waals surface area contributed by atoms with Gasteiger partial charge >= 0.3 is 0 Å². The molecule has 7 heteroatoms. The van der Waals surface area contributed by atoms with Crippen molar-refractivity contribution in [2.75, 3.05) is 23.7 Å². The van der Waals surface area contributed by atoms with E-state index < -0.39 is 6.04 Å². The summed E-state index contributed by atoms with van der Waals surface area (Å²) in [6, 6.07) is 9.13. The highest BCUT2D eigenvalue weighted by atomic mass is 16.2. The predicted molar refractivity (Wildman–Crippen MR) is 112 cm³/mol. The molecule has 0 bridgehead atoms. The van der Waals surface area contributed by atoms with Crippen molar-refractivity contribution in [2.45, 2.75) is 53.1 Å². The summed E-state index contributed by atoms with van der Waals surface area (Å²) in [6.45, 7) is 10.6. The fourth-order valence-corrected chi connectivity index (χ4v) is 3.01. The second kappa shape index (κ2) is 10.0. The van der Waals surface area contributed by atoms with Crippen LogP contribution in [0.15, 0.2) is 36.5 Å². The van der Waals surface area contributed by atoms with Crippen LogP contribution in [0.1, 0.15) is 45.7 Å². The van der Waals surface area contributed by atoms with Gasteiger partial charge in [-0.25, -0.2) is 4.68 Å². The molecule has 1 aromatic carbocycles. The Morgan fingerprint density at radius 2 is 1.86 bits per heavy atom. The number of carbonyl (C=O) groups excluding carboxylic acids is 2. The van der Waals surface area contributed by atoms with Crippen LogP contribution in [-0.2, 0) is 9.59 Å². The minimum absolute atomic E-state index is 0.130. The fraction of sp³-hybridized carbons (Fsp3) is 0.476. The number of aryl methyl sites for hydroxylation is 1. The van der Waals surface area contributed by atoms with Crippen LogP contribution in [0, 0.1) is 6.92 Å². The summed E-state index contributed by atoms with van der Waals surface area (Å²) in [6.07, 6.45) is 2.51. The lowest BCUT2D eigenvalue weighted by Crippen LogP contribution is -2.46. The minimum Gasteiger partial charge on any atom is -0.325 e. The molecule has 1 atom stereocenters. The van der Waals surface area contributed by atoms with Gasteiger partial charge in [-0.2, -0.15) is 5.10 Å². The number of carbonyl (C=O) groups is 2. The second-order valence-corrected chi connectivity index (χ2v) is 7.25. The first-order valence-electron chi connectivity index (χ1n) is 9.77.